The van der Waals surface area contributed by atoms with Crippen molar-refractivity contribution in [2.24, 2.45) is 12.0 Å². The van der Waals surface area contributed by atoms with Crippen molar-refractivity contribution in [1.29, 1.82) is 0 Å². The van der Waals surface area contributed by atoms with Gasteiger partial charge >= 0.3 is 0 Å². The highest BCUT2D eigenvalue weighted by atomic mass is 16.3. The molecule has 1 aliphatic heterocycles. The van der Waals surface area contributed by atoms with Gasteiger partial charge in [0.2, 0.25) is 0 Å². The number of aliphatic hydroxyl groups excluding tert-OH is 1. The van der Waals surface area contributed by atoms with Gasteiger partial charge in [-0.2, -0.15) is 5.10 Å². The lowest BCUT2D eigenvalue weighted by Crippen LogP contribution is -2.40. The Balaban J connectivity index is 1.99. The maximum atomic E-state index is 9.66. The van der Waals surface area contributed by atoms with E-state index >= 15 is 0 Å². The fourth-order valence-corrected chi connectivity index (χ4v) is 2.81. The van der Waals surface area contributed by atoms with E-state index in [4.69, 9.17) is 4.99 Å². The maximum Gasteiger partial charge on any atom is 0.194 e. The number of likely N-dealkylation sites (tertiary alicyclic amines) is 1. The first-order valence-electron chi connectivity index (χ1n) is 7.73. The molecule has 0 radical (unpaired) electrons. The predicted octanol–water partition coefficient (Wildman–Crippen LogP) is 0.612. The van der Waals surface area contributed by atoms with E-state index in [1.54, 1.807) is 0 Å². The van der Waals surface area contributed by atoms with E-state index in [0.29, 0.717) is 6.54 Å². The molecule has 2 heterocycles. The van der Waals surface area contributed by atoms with Crippen molar-refractivity contribution < 1.29 is 5.11 Å². The van der Waals surface area contributed by atoms with Gasteiger partial charge < -0.3 is 15.3 Å². The number of nitrogens with zero attached hydrogens (tertiary/aromatic N) is 4. The van der Waals surface area contributed by atoms with E-state index in [2.05, 4.69) is 29.2 Å². The van der Waals surface area contributed by atoms with Gasteiger partial charge in [0, 0.05) is 38.9 Å². The van der Waals surface area contributed by atoms with Crippen LogP contribution in [0.5, 0.6) is 0 Å². The van der Waals surface area contributed by atoms with Crippen molar-refractivity contribution >= 4 is 5.96 Å². The molecule has 1 saturated heterocycles. The minimum Gasteiger partial charge on any atom is -0.391 e. The Morgan fingerprint density at radius 2 is 2.24 bits per heavy atom. The molecule has 2 N–H and O–H groups in total. The van der Waals surface area contributed by atoms with E-state index in [-0.39, 0.29) is 6.10 Å². The average molecular weight is 293 g/mol. The van der Waals surface area contributed by atoms with Gasteiger partial charge in [0.25, 0.3) is 0 Å². The van der Waals surface area contributed by atoms with Gasteiger partial charge in [0.1, 0.15) is 0 Å². The number of aliphatic imine (C=N–C) groups is 1. The summed E-state index contributed by atoms with van der Waals surface area (Å²) in [5.41, 5.74) is 3.59. The SMILES string of the molecule is CCNC(=NCCc1c(C)nn(C)c1C)N1CC[C@@H](O)C1. The van der Waals surface area contributed by atoms with Crippen LogP contribution in [0.25, 0.3) is 0 Å². The Hall–Kier alpha value is -1.56. The summed E-state index contributed by atoms with van der Waals surface area (Å²) in [5, 5.41) is 17.4. The Bertz CT molecular complexity index is 508. The van der Waals surface area contributed by atoms with Gasteiger partial charge in [0.05, 0.1) is 11.8 Å². The first-order chi connectivity index (χ1) is 10.0. The molecule has 0 aromatic carbocycles. The second-order valence-corrected chi connectivity index (χ2v) is 5.65. The molecule has 0 aliphatic carbocycles. The maximum absolute atomic E-state index is 9.66. The molecule has 0 spiro atoms. The van der Waals surface area contributed by atoms with Crippen molar-refractivity contribution in [1.82, 2.24) is 20.0 Å². The molecule has 0 bridgehead atoms. The Kier molecular flexibility index (Phi) is 5.22. The summed E-state index contributed by atoms with van der Waals surface area (Å²) in [4.78, 5) is 6.84. The van der Waals surface area contributed by atoms with Crippen LogP contribution in [0.1, 0.15) is 30.3 Å². The fourth-order valence-electron chi connectivity index (χ4n) is 2.81. The van der Waals surface area contributed by atoms with Crippen LogP contribution in [0, 0.1) is 13.8 Å². The highest BCUT2D eigenvalue weighted by Gasteiger charge is 2.22. The molecule has 2 rings (SSSR count). The molecule has 21 heavy (non-hydrogen) atoms. The zero-order valence-corrected chi connectivity index (χ0v) is 13.6. The van der Waals surface area contributed by atoms with Gasteiger partial charge in [0.15, 0.2) is 5.96 Å². The number of nitrogens with one attached hydrogen (secondary N) is 1. The summed E-state index contributed by atoms with van der Waals surface area (Å²) in [7, 11) is 1.98. The van der Waals surface area contributed by atoms with Gasteiger partial charge in [-0.25, -0.2) is 0 Å². The third-order valence-electron chi connectivity index (χ3n) is 4.08. The number of rotatable bonds is 4. The number of hydrogen-bond acceptors (Lipinski definition) is 3. The predicted molar refractivity (Wildman–Crippen MR) is 84.6 cm³/mol. The van der Waals surface area contributed by atoms with Crippen LogP contribution < -0.4 is 5.32 Å². The van der Waals surface area contributed by atoms with Crippen LogP contribution in [-0.4, -0.2) is 58.0 Å². The van der Waals surface area contributed by atoms with Crippen LogP contribution in [0.2, 0.25) is 0 Å². The number of hydrogen-bond donors (Lipinski definition) is 2. The molecular formula is C15H27N5O. The number of guanidine groups is 1. The summed E-state index contributed by atoms with van der Waals surface area (Å²) in [6, 6.07) is 0. The van der Waals surface area contributed by atoms with Crippen LogP contribution >= 0.6 is 0 Å². The van der Waals surface area contributed by atoms with E-state index in [9.17, 15) is 5.11 Å². The quantitative estimate of drug-likeness (QED) is 0.631. The van der Waals surface area contributed by atoms with Crippen LogP contribution in [0.15, 0.2) is 4.99 Å². The average Bonchev–Trinajstić information content (AvgIpc) is 2.96. The van der Waals surface area contributed by atoms with Gasteiger partial charge in [-0.15, -0.1) is 0 Å². The van der Waals surface area contributed by atoms with E-state index in [1.165, 1.54) is 11.3 Å². The minimum atomic E-state index is -0.225. The summed E-state index contributed by atoms with van der Waals surface area (Å²) < 4.78 is 1.93. The zero-order chi connectivity index (χ0) is 15.4. The third kappa shape index (κ3) is 3.75. The topological polar surface area (TPSA) is 65.7 Å². The molecule has 118 valence electrons. The zero-order valence-electron chi connectivity index (χ0n) is 13.6. The molecule has 1 aliphatic rings. The largest absolute Gasteiger partial charge is 0.391 e. The monoisotopic (exact) mass is 293 g/mol. The van der Waals surface area contributed by atoms with Crippen molar-refractivity contribution in [3.8, 4) is 0 Å². The Labute approximate surface area is 126 Å². The van der Waals surface area contributed by atoms with Crippen LogP contribution in [-0.2, 0) is 13.5 Å². The lowest BCUT2D eigenvalue weighted by molar-refractivity contribution is 0.188. The lowest BCUT2D eigenvalue weighted by Gasteiger charge is -2.20. The number of β-amino-alcohol motifs (C(OH)–C–C–N with tert-alkyl or cyclic N) is 1. The Morgan fingerprint density at radius 3 is 2.76 bits per heavy atom. The molecule has 1 aromatic heterocycles. The first-order valence-corrected chi connectivity index (χ1v) is 7.73. The van der Waals surface area contributed by atoms with Gasteiger partial charge in [-0.05, 0) is 39.2 Å². The molecule has 6 heteroatoms. The number of aliphatic hydroxyl groups is 1. The van der Waals surface area contributed by atoms with E-state index < -0.39 is 0 Å². The molecule has 0 amide bonds. The smallest absolute Gasteiger partial charge is 0.194 e. The van der Waals surface area contributed by atoms with Crippen molar-refractivity contribution in [3.05, 3.63) is 17.0 Å². The number of aromatic nitrogens is 2. The summed E-state index contributed by atoms with van der Waals surface area (Å²) in [5.74, 6) is 0.910. The molecule has 0 saturated carbocycles. The van der Waals surface area contributed by atoms with Crippen molar-refractivity contribution in [2.45, 2.75) is 39.7 Å². The summed E-state index contributed by atoms with van der Waals surface area (Å²) in [6.45, 7) is 9.35. The van der Waals surface area contributed by atoms with Gasteiger partial charge in [-0.1, -0.05) is 0 Å². The van der Waals surface area contributed by atoms with Crippen molar-refractivity contribution in [3.63, 3.8) is 0 Å². The second kappa shape index (κ2) is 6.93. The molecule has 1 aromatic rings. The molecule has 1 atom stereocenters. The van der Waals surface area contributed by atoms with Crippen LogP contribution in [0.4, 0.5) is 0 Å². The molecular weight excluding hydrogens is 266 g/mol. The molecule has 1 fully saturated rings. The highest BCUT2D eigenvalue weighted by Crippen LogP contribution is 2.13. The minimum absolute atomic E-state index is 0.225. The third-order valence-corrected chi connectivity index (χ3v) is 4.08. The fraction of sp³-hybridized carbons (Fsp3) is 0.733. The normalized spacial score (nSPS) is 19.4. The standard InChI is InChI=1S/C15H27N5O/c1-5-16-15(20-9-7-13(21)10-20)17-8-6-14-11(2)18-19(4)12(14)3/h13,21H,5-10H2,1-4H3,(H,16,17)/t13-/m1/s1. The lowest BCUT2D eigenvalue weighted by atomic mass is 10.1. The van der Waals surface area contributed by atoms with Crippen molar-refractivity contribution in [2.75, 3.05) is 26.2 Å². The Morgan fingerprint density at radius 1 is 1.48 bits per heavy atom. The van der Waals surface area contributed by atoms with E-state index in [1.807, 2.05) is 18.7 Å². The van der Waals surface area contributed by atoms with Crippen LogP contribution in [0.3, 0.4) is 0 Å². The summed E-state index contributed by atoms with van der Waals surface area (Å²) in [6.07, 6.45) is 1.50. The van der Waals surface area contributed by atoms with Gasteiger partial charge in [-0.3, -0.25) is 9.67 Å². The molecule has 6 nitrogen and oxygen atoms in total. The van der Waals surface area contributed by atoms with E-state index in [0.717, 1.165) is 44.1 Å². The first kappa shape index (κ1) is 15.8. The summed E-state index contributed by atoms with van der Waals surface area (Å²) >= 11 is 0. The number of aryl methyl sites for hydroxylation is 2. The highest BCUT2D eigenvalue weighted by molar-refractivity contribution is 5.80. The second-order valence-electron chi connectivity index (χ2n) is 5.65. The molecule has 0 unspecified atom stereocenters.